The van der Waals surface area contributed by atoms with Crippen LogP contribution in [-0.2, 0) is 0 Å². The SMILES string of the molecule is Cc1ccc(N)c(N2CCC(O)CC2)n1. The molecule has 0 radical (unpaired) electrons. The number of piperidine rings is 1. The quantitative estimate of drug-likeness (QED) is 0.719. The molecule has 0 unspecified atom stereocenters. The van der Waals surface area contributed by atoms with Crippen LogP contribution in [0.3, 0.4) is 0 Å². The van der Waals surface area contributed by atoms with Crippen molar-refractivity contribution in [3.8, 4) is 0 Å². The van der Waals surface area contributed by atoms with Crippen molar-refractivity contribution in [3.05, 3.63) is 17.8 Å². The summed E-state index contributed by atoms with van der Waals surface area (Å²) in [6.45, 7) is 3.63. The lowest BCUT2D eigenvalue weighted by atomic mass is 10.1. The first kappa shape index (κ1) is 10.2. The molecule has 0 amide bonds. The fourth-order valence-electron chi connectivity index (χ4n) is 1.88. The Bertz CT molecular complexity index is 346. The number of nitrogens with zero attached hydrogens (tertiary/aromatic N) is 2. The van der Waals surface area contributed by atoms with Crippen molar-refractivity contribution in [2.45, 2.75) is 25.9 Å². The molecule has 1 aromatic rings. The predicted octanol–water partition coefficient (Wildman–Crippen LogP) is 0.933. The number of aliphatic hydroxyl groups is 1. The molecule has 0 spiro atoms. The Morgan fingerprint density at radius 3 is 2.73 bits per heavy atom. The minimum Gasteiger partial charge on any atom is -0.396 e. The molecule has 2 heterocycles. The fourth-order valence-corrected chi connectivity index (χ4v) is 1.88. The highest BCUT2D eigenvalue weighted by molar-refractivity contribution is 5.63. The summed E-state index contributed by atoms with van der Waals surface area (Å²) >= 11 is 0. The van der Waals surface area contributed by atoms with Crippen LogP contribution in [0.2, 0.25) is 0 Å². The van der Waals surface area contributed by atoms with Crippen LogP contribution in [0.4, 0.5) is 11.5 Å². The zero-order chi connectivity index (χ0) is 10.8. The van der Waals surface area contributed by atoms with Crippen LogP contribution in [0.15, 0.2) is 12.1 Å². The highest BCUT2D eigenvalue weighted by atomic mass is 16.3. The van der Waals surface area contributed by atoms with E-state index in [4.69, 9.17) is 5.73 Å². The highest BCUT2D eigenvalue weighted by Gasteiger charge is 2.19. The molecule has 0 aromatic carbocycles. The van der Waals surface area contributed by atoms with Gasteiger partial charge in [0.25, 0.3) is 0 Å². The van der Waals surface area contributed by atoms with Crippen LogP contribution >= 0.6 is 0 Å². The minimum absolute atomic E-state index is 0.160. The second-order valence-corrected chi connectivity index (χ2v) is 4.08. The summed E-state index contributed by atoms with van der Waals surface area (Å²) in [6, 6.07) is 3.81. The molecule has 15 heavy (non-hydrogen) atoms. The van der Waals surface area contributed by atoms with Gasteiger partial charge in [-0.15, -0.1) is 0 Å². The first-order chi connectivity index (χ1) is 7.16. The molecule has 0 atom stereocenters. The van der Waals surface area contributed by atoms with Gasteiger partial charge in [0.05, 0.1) is 11.8 Å². The van der Waals surface area contributed by atoms with Gasteiger partial charge in [-0.3, -0.25) is 0 Å². The Balaban J connectivity index is 2.18. The molecule has 2 rings (SSSR count). The van der Waals surface area contributed by atoms with Gasteiger partial charge in [0.1, 0.15) is 0 Å². The third-order valence-electron chi connectivity index (χ3n) is 2.81. The molecule has 82 valence electrons. The first-order valence-electron chi connectivity index (χ1n) is 5.33. The normalized spacial score (nSPS) is 18.1. The molecule has 1 fully saturated rings. The lowest BCUT2D eigenvalue weighted by Gasteiger charge is -2.31. The zero-order valence-electron chi connectivity index (χ0n) is 8.98. The molecule has 1 aromatic heterocycles. The van der Waals surface area contributed by atoms with E-state index in [0.717, 1.165) is 43.1 Å². The topological polar surface area (TPSA) is 62.4 Å². The van der Waals surface area contributed by atoms with Gasteiger partial charge in [-0.2, -0.15) is 0 Å². The number of aliphatic hydroxyl groups excluding tert-OH is 1. The number of aryl methyl sites for hydroxylation is 1. The van der Waals surface area contributed by atoms with Gasteiger partial charge < -0.3 is 15.7 Å². The van der Waals surface area contributed by atoms with Crippen LogP contribution in [-0.4, -0.2) is 29.3 Å². The number of nitrogens with two attached hydrogens (primary N) is 1. The molecule has 0 bridgehead atoms. The first-order valence-corrected chi connectivity index (χ1v) is 5.33. The average Bonchev–Trinajstić information content (AvgIpc) is 2.23. The molecule has 4 heteroatoms. The third kappa shape index (κ3) is 2.21. The van der Waals surface area contributed by atoms with Crippen molar-refractivity contribution in [1.29, 1.82) is 0 Å². The predicted molar refractivity (Wildman–Crippen MR) is 60.8 cm³/mol. The Labute approximate surface area is 89.7 Å². The summed E-state index contributed by atoms with van der Waals surface area (Å²) in [4.78, 5) is 6.59. The van der Waals surface area contributed by atoms with Crippen molar-refractivity contribution in [3.63, 3.8) is 0 Å². The summed E-state index contributed by atoms with van der Waals surface area (Å²) in [5.41, 5.74) is 7.58. The fraction of sp³-hybridized carbons (Fsp3) is 0.545. The van der Waals surface area contributed by atoms with Crippen LogP contribution in [0.5, 0.6) is 0 Å². The van der Waals surface area contributed by atoms with Gasteiger partial charge in [0.2, 0.25) is 0 Å². The largest absolute Gasteiger partial charge is 0.396 e. The van der Waals surface area contributed by atoms with E-state index in [-0.39, 0.29) is 6.10 Å². The second kappa shape index (κ2) is 4.06. The molecule has 0 aliphatic carbocycles. The average molecular weight is 207 g/mol. The van der Waals surface area contributed by atoms with Crippen molar-refractivity contribution >= 4 is 11.5 Å². The molecule has 1 aliphatic rings. The van der Waals surface area contributed by atoms with Crippen LogP contribution < -0.4 is 10.6 Å². The van der Waals surface area contributed by atoms with Crippen molar-refractivity contribution in [1.82, 2.24) is 4.98 Å². The number of pyridine rings is 1. The van der Waals surface area contributed by atoms with Gasteiger partial charge >= 0.3 is 0 Å². The van der Waals surface area contributed by atoms with Gasteiger partial charge in [0, 0.05) is 18.8 Å². The zero-order valence-corrected chi connectivity index (χ0v) is 8.98. The summed E-state index contributed by atoms with van der Waals surface area (Å²) in [5.74, 6) is 0.863. The van der Waals surface area contributed by atoms with E-state index < -0.39 is 0 Å². The molecule has 0 saturated carbocycles. The highest BCUT2D eigenvalue weighted by Crippen LogP contribution is 2.24. The minimum atomic E-state index is -0.160. The molecular weight excluding hydrogens is 190 g/mol. The second-order valence-electron chi connectivity index (χ2n) is 4.08. The van der Waals surface area contributed by atoms with Crippen LogP contribution in [0.1, 0.15) is 18.5 Å². The standard InChI is InChI=1S/C11H17N3O/c1-8-2-3-10(12)11(13-8)14-6-4-9(15)5-7-14/h2-3,9,15H,4-7,12H2,1H3. The van der Waals surface area contributed by atoms with E-state index in [9.17, 15) is 5.11 Å². The Kier molecular flexibility index (Phi) is 2.77. The molecule has 3 N–H and O–H groups in total. The van der Waals surface area contributed by atoms with Crippen molar-refractivity contribution in [2.75, 3.05) is 23.7 Å². The van der Waals surface area contributed by atoms with Gasteiger partial charge in [-0.05, 0) is 31.9 Å². The van der Waals surface area contributed by atoms with Crippen LogP contribution in [0, 0.1) is 6.92 Å². The van der Waals surface area contributed by atoms with Gasteiger partial charge in [0.15, 0.2) is 5.82 Å². The molecule has 1 aliphatic heterocycles. The van der Waals surface area contributed by atoms with E-state index in [1.165, 1.54) is 0 Å². The molecule has 4 nitrogen and oxygen atoms in total. The summed E-state index contributed by atoms with van der Waals surface area (Å²) in [7, 11) is 0. The van der Waals surface area contributed by atoms with Crippen molar-refractivity contribution < 1.29 is 5.11 Å². The monoisotopic (exact) mass is 207 g/mol. The summed E-state index contributed by atoms with van der Waals surface area (Å²) in [6.07, 6.45) is 1.44. The molecule has 1 saturated heterocycles. The maximum atomic E-state index is 9.42. The molecular formula is C11H17N3O. The van der Waals surface area contributed by atoms with E-state index in [2.05, 4.69) is 9.88 Å². The maximum Gasteiger partial charge on any atom is 0.152 e. The summed E-state index contributed by atoms with van der Waals surface area (Å²) in [5, 5.41) is 9.42. The van der Waals surface area contributed by atoms with E-state index in [1.807, 2.05) is 19.1 Å². The smallest absolute Gasteiger partial charge is 0.152 e. The lowest BCUT2D eigenvalue weighted by molar-refractivity contribution is 0.145. The Morgan fingerprint density at radius 1 is 1.40 bits per heavy atom. The summed E-state index contributed by atoms with van der Waals surface area (Å²) < 4.78 is 0. The third-order valence-corrected chi connectivity index (χ3v) is 2.81. The van der Waals surface area contributed by atoms with Gasteiger partial charge in [-0.1, -0.05) is 0 Å². The maximum absolute atomic E-state index is 9.42. The van der Waals surface area contributed by atoms with E-state index in [0.29, 0.717) is 0 Å². The Morgan fingerprint density at radius 2 is 2.07 bits per heavy atom. The number of hydrogen-bond acceptors (Lipinski definition) is 4. The van der Waals surface area contributed by atoms with Crippen molar-refractivity contribution in [2.24, 2.45) is 0 Å². The Hall–Kier alpha value is -1.29. The van der Waals surface area contributed by atoms with E-state index >= 15 is 0 Å². The van der Waals surface area contributed by atoms with E-state index in [1.54, 1.807) is 0 Å². The number of nitrogen functional groups attached to an aromatic ring is 1. The lowest BCUT2D eigenvalue weighted by Crippen LogP contribution is -2.36. The number of hydrogen-bond donors (Lipinski definition) is 2. The number of aromatic nitrogens is 1. The number of anilines is 2. The van der Waals surface area contributed by atoms with Crippen LogP contribution in [0.25, 0.3) is 0 Å². The van der Waals surface area contributed by atoms with Gasteiger partial charge in [-0.25, -0.2) is 4.98 Å². The number of rotatable bonds is 1.